The van der Waals surface area contributed by atoms with Crippen LogP contribution in [0.3, 0.4) is 0 Å². The molecule has 0 saturated carbocycles. The van der Waals surface area contributed by atoms with E-state index in [9.17, 15) is 4.79 Å². The van der Waals surface area contributed by atoms with Crippen molar-refractivity contribution in [2.45, 2.75) is 25.2 Å². The Kier molecular flexibility index (Phi) is 4.13. The van der Waals surface area contributed by atoms with Gasteiger partial charge in [-0.25, -0.2) is 0 Å². The van der Waals surface area contributed by atoms with Crippen LogP contribution >= 0.6 is 15.9 Å². The van der Waals surface area contributed by atoms with Gasteiger partial charge in [-0.05, 0) is 19.4 Å². The fraction of sp³-hybridized carbons (Fsp3) is 0.556. The highest BCUT2D eigenvalue weighted by Crippen LogP contribution is 1.96. The van der Waals surface area contributed by atoms with Crippen molar-refractivity contribution in [2.75, 3.05) is 6.54 Å². The van der Waals surface area contributed by atoms with E-state index in [1.807, 2.05) is 17.8 Å². The Morgan fingerprint density at radius 3 is 3.00 bits per heavy atom. The van der Waals surface area contributed by atoms with Gasteiger partial charge in [-0.15, -0.1) is 0 Å². The van der Waals surface area contributed by atoms with E-state index in [1.54, 1.807) is 13.1 Å². The number of hydrogen-bond donors (Lipinski definition) is 1. The van der Waals surface area contributed by atoms with Gasteiger partial charge in [0.05, 0.1) is 17.6 Å². The number of amides is 1. The summed E-state index contributed by atoms with van der Waals surface area (Å²) in [5, 5.41) is 6.90. The van der Waals surface area contributed by atoms with Gasteiger partial charge in [0.15, 0.2) is 0 Å². The minimum absolute atomic E-state index is 0.00822. The van der Waals surface area contributed by atoms with Crippen molar-refractivity contribution in [3.05, 3.63) is 18.0 Å². The number of alkyl halides is 1. The Morgan fingerprint density at radius 2 is 2.50 bits per heavy atom. The van der Waals surface area contributed by atoms with Crippen LogP contribution in [0.15, 0.2) is 12.4 Å². The number of carbonyl (C=O) groups excluding carboxylic acids is 1. The maximum absolute atomic E-state index is 11.2. The van der Waals surface area contributed by atoms with Gasteiger partial charge in [0.1, 0.15) is 0 Å². The van der Waals surface area contributed by atoms with Crippen molar-refractivity contribution in [1.29, 1.82) is 0 Å². The molecule has 0 aliphatic carbocycles. The summed E-state index contributed by atoms with van der Waals surface area (Å²) in [5.41, 5.74) is 1.13. The molecule has 1 aromatic rings. The number of nitrogens with zero attached hydrogens (tertiary/aromatic N) is 2. The zero-order valence-electron chi connectivity index (χ0n) is 8.33. The summed E-state index contributed by atoms with van der Waals surface area (Å²) in [6, 6.07) is 0. The molecule has 1 heterocycles. The molecule has 1 rings (SSSR count). The maximum Gasteiger partial charge on any atom is 0.233 e. The van der Waals surface area contributed by atoms with Crippen LogP contribution in [0.2, 0.25) is 0 Å². The van der Waals surface area contributed by atoms with Crippen LogP contribution in [0.4, 0.5) is 0 Å². The molecule has 1 atom stereocenters. The van der Waals surface area contributed by atoms with Crippen LogP contribution in [-0.2, 0) is 11.3 Å². The normalized spacial score (nSPS) is 12.5. The number of aromatic nitrogens is 2. The SMILES string of the molecule is Cc1cnn(CCNC(=O)C(C)Br)c1. The highest BCUT2D eigenvalue weighted by atomic mass is 79.9. The minimum atomic E-state index is -0.137. The second-order valence-corrected chi connectivity index (χ2v) is 4.56. The van der Waals surface area contributed by atoms with E-state index < -0.39 is 0 Å². The van der Waals surface area contributed by atoms with E-state index in [0.29, 0.717) is 13.1 Å². The quantitative estimate of drug-likeness (QED) is 0.824. The monoisotopic (exact) mass is 259 g/mol. The van der Waals surface area contributed by atoms with E-state index in [2.05, 4.69) is 26.3 Å². The zero-order valence-corrected chi connectivity index (χ0v) is 9.91. The lowest BCUT2D eigenvalue weighted by Crippen LogP contribution is -2.32. The van der Waals surface area contributed by atoms with Crippen LogP contribution in [0.25, 0.3) is 0 Å². The third kappa shape index (κ3) is 3.49. The molecule has 0 aromatic carbocycles. The molecule has 78 valence electrons. The van der Waals surface area contributed by atoms with Crippen molar-refractivity contribution < 1.29 is 4.79 Å². The number of carbonyl (C=O) groups is 1. The molecule has 4 nitrogen and oxygen atoms in total. The second kappa shape index (κ2) is 5.14. The lowest BCUT2D eigenvalue weighted by molar-refractivity contribution is -0.120. The van der Waals surface area contributed by atoms with Gasteiger partial charge in [-0.2, -0.15) is 5.10 Å². The highest BCUT2D eigenvalue weighted by molar-refractivity contribution is 9.10. The summed E-state index contributed by atoms with van der Waals surface area (Å²) in [4.78, 5) is 11.0. The molecule has 0 saturated heterocycles. The molecule has 14 heavy (non-hydrogen) atoms. The zero-order chi connectivity index (χ0) is 10.6. The summed E-state index contributed by atoms with van der Waals surface area (Å²) in [6.45, 7) is 5.10. The molecule has 0 fully saturated rings. The Balaban J connectivity index is 2.25. The number of hydrogen-bond acceptors (Lipinski definition) is 2. The van der Waals surface area contributed by atoms with E-state index in [0.717, 1.165) is 5.56 Å². The van der Waals surface area contributed by atoms with Gasteiger partial charge in [0.2, 0.25) is 5.91 Å². The van der Waals surface area contributed by atoms with Gasteiger partial charge in [0, 0.05) is 12.7 Å². The second-order valence-electron chi connectivity index (χ2n) is 3.19. The Hall–Kier alpha value is -0.840. The Labute approximate surface area is 91.8 Å². The molecule has 0 aliphatic heterocycles. The van der Waals surface area contributed by atoms with Gasteiger partial charge in [-0.3, -0.25) is 9.48 Å². The molecule has 1 N–H and O–H groups in total. The smallest absolute Gasteiger partial charge is 0.233 e. The first-order valence-electron chi connectivity index (χ1n) is 4.50. The molecular weight excluding hydrogens is 246 g/mol. The van der Waals surface area contributed by atoms with Crippen LogP contribution in [-0.4, -0.2) is 27.1 Å². The van der Waals surface area contributed by atoms with Gasteiger partial charge < -0.3 is 5.32 Å². The number of aryl methyl sites for hydroxylation is 1. The number of rotatable bonds is 4. The third-order valence-corrected chi connectivity index (χ3v) is 2.18. The first kappa shape index (κ1) is 11.2. The fourth-order valence-electron chi connectivity index (χ4n) is 1.02. The summed E-state index contributed by atoms with van der Waals surface area (Å²) in [6.07, 6.45) is 3.75. The third-order valence-electron chi connectivity index (χ3n) is 1.76. The van der Waals surface area contributed by atoms with Crippen molar-refractivity contribution in [2.24, 2.45) is 0 Å². The molecular formula is C9H14BrN3O. The van der Waals surface area contributed by atoms with E-state index in [-0.39, 0.29) is 10.7 Å². The molecule has 0 spiro atoms. The predicted molar refractivity (Wildman–Crippen MR) is 58.4 cm³/mol. The van der Waals surface area contributed by atoms with Gasteiger partial charge >= 0.3 is 0 Å². The number of nitrogens with one attached hydrogen (secondary N) is 1. The largest absolute Gasteiger partial charge is 0.353 e. The Morgan fingerprint density at radius 1 is 1.79 bits per heavy atom. The van der Waals surface area contributed by atoms with E-state index >= 15 is 0 Å². The average Bonchev–Trinajstić information content (AvgIpc) is 2.51. The first-order valence-corrected chi connectivity index (χ1v) is 5.42. The standard InChI is InChI=1S/C9H14BrN3O/c1-7-5-12-13(6-7)4-3-11-9(14)8(2)10/h5-6,8H,3-4H2,1-2H3,(H,11,14). The summed E-state index contributed by atoms with van der Waals surface area (Å²) in [7, 11) is 0. The van der Waals surface area contributed by atoms with Crippen molar-refractivity contribution >= 4 is 21.8 Å². The van der Waals surface area contributed by atoms with Gasteiger partial charge in [0.25, 0.3) is 0 Å². The van der Waals surface area contributed by atoms with Crippen molar-refractivity contribution in [1.82, 2.24) is 15.1 Å². The average molecular weight is 260 g/mol. The lowest BCUT2D eigenvalue weighted by Gasteiger charge is -2.06. The highest BCUT2D eigenvalue weighted by Gasteiger charge is 2.06. The molecule has 0 aliphatic rings. The van der Waals surface area contributed by atoms with Crippen LogP contribution in [0.5, 0.6) is 0 Å². The maximum atomic E-state index is 11.2. The van der Waals surface area contributed by atoms with Gasteiger partial charge in [-0.1, -0.05) is 15.9 Å². The van der Waals surface area contributed by atoms with Crippen molar-refractivity contribution in [3.63, 3.8) is 0 Å². The lowest BCUT2D eigenvalue weighted by atomic mass is 10.4. The first-order chi connectivity index (χ1) is 6.59. The molecule has 0 radical (unpaired) electrons. The molecule has 1 unspecified atom stereocenters. The molecule has 1 aromatic heterocycles. The van der Waals surface area contributed by atoms with E-state index in [4.69, 9.17) is 0 Å². The molecule has 0 bridgehead atoms. The van der Waals surface area contributed by atoms with Crippen LogP contribution < -0.4 is 5.32 Å². The van der Waals surface area contributed by atoms with Crippen LogP contribution in [0, 0.1) is 6.92 Å². The Bertz CT molecular complexity index is 309. The van der Waals surface area contributed by atoms with E-state index in [1.165, 1.54) is 0 Å². The van der Waals surface area contributed by atoms with Crippen LogP contribution in [0.1, 0.15) is 12.5 Å². The number of halogens is 1. The van der Waals surface area contributed by atoms with Crippen molar-refractivity contribution in [3.8, 4) is 0 Å². The summed E-state index contributed by atoms with van der Waals surface area (Å²) in [5.74, 6) is 0.00822. The molecule has 5 heteroatoms. The topological polar surface area (TPSA) is 46.9 Å². The fourth-order valence-corrected chi connectivity index (χ4v) is 1.19. The minimum Gasteiger partial charge on any atom is -0.353 e. The molecule has 1 amide bonds. The summed E-state index contributed by atoms with van der Waals surface area (Å²) >= 11 is 3.20. The predicted octanol–water partition coefficient (Wildman–Crippen LogP) is 1.09. The summed E-state index contributed by atoms with van der Waals surface area (Å²) < 4.78 is 1.81.